The lowest BCUT2D eigenvalue weighted by atomic mass is 10.4. The minimum absolute atomic E-state index is 0.339. The maximum absolute atomic E-state index is 12.1. The van der Waals surface area contributed by atoms with Gasteiger partial charge in [0.15, 0.2) is 0 Å². The average Bonchev–Trinajstić information content (AvgIpc) is 2.87. The van der Waals surface area contributed by atoms with Crippen LogP contribution in [0.15, 0.2) is 30.3 Å². The lowest BCUT2D eigenvalue weighted by Gasteiger charge is -2.17. The molecule has 2 rings (SSSR count). The van der Waals surface area contributed by atoms with Crippen molar-refractivity contribution in [2.75, 3.05) is 0 Å². The Morgan fingerprint density at radius 3 is 2.31 bits per heavy atom. The molecule has 1 atom stereocenters. The first-order valence-corrected chi connectivity index (χ1v) is 6.11. The molecular weight excluding hydrogens is 183 g/mol. The van der Waals surface area contributed by atoms with E-state index in [4.69, 9.17) is 0 Å². The second kappa shape index (κ2) is 2.70. The van der Waals surface area contributed by atoms with Gasteiger partial charge in [0.1, 0.15) is 0 Å². The number of hydrogen-bond donors (Lipinski definition) is 1. The van der Waals surface area contributed by atoms with Crippen molar-refractivity contribution in [2.45, 2.75) is 24.9 Å². The molecule has 1 aliphatic rings. The first kappa shape index (κ1) is 8.98. The minimum atomic E-state index is -3.12. The molecule has 1 aromatic rings. The van der Waals surface area contributed by atoms with E-state index < -0.39 is 7.37 Å². The fourth-order valence-corrected chi connectivity index (χ4v) is 3.34. The SMILES string of the molecule is CC1(P(=O)(O)c2ccccc2)CC1. The predicted molar refractivity (Wildman–Crippen MR) is 53.5 cm³/mol. The summed E-state index contributed by atoms with van der Waals surface area (Å²) < 4.78 is 12.1. The van der Waals surface area contributed by atoms with Crippen LogP contribution in [0, 0.1) is 0 Å². The Labute approximate surface area is 78.1 Å². The van der Waals surface area contributed by atoms with Gasteiger partial charge in [-0.05, 0) is 25.0 Å². The summed E-state index contributed by atoms with van der Waals surface area (Å²) in [6.07, 6.45) is 1.74. The molecule has 70 valence electrons. The van der Waals surface area contributed by atoms with Crippen molar-refractivity contribution in [3.63, 3.8) is 0 Å². The van der Waals surface area contributed by atoms with Crippen LogP contribution in [0.1, 0.15) is 19.8 Å². The molecule has 2 nitrogen and oxygen atoms in total. The second-order valence-corrected chi connectivity index (χ2v) is 6.66. The van der Waals surface area contributed by atoms with E-state index in [1.165, 1.54) is 0 Å². The normalized spacial score (nSPS) is 23.5. The summed E-state index contributed by atoms with van der Waals surface area (Å²) in [5, 5.41) is 0.254. The Balaban J connectivity index is 2.41. The van der Waals surface area contributed by atoms with Crippen molar-refractivity contribution in [3.05, 3.63) is 30.3 Å². The Morgan fingerprint density at radius 2 is 1.85 bits per heavy atom. The van der Waals surface area contributed by atoms with E-state index in [1.807, 2.05) is 25.1 Å². The van der Waals surface area contributed by atoms with Crippen molar-refractivity contribution >= 4 is 12.7 Å². The average molecular weight is 196 g/mol. The van der Waals surface area contributed by atoms with Crippen LogP contribution in [-0.2, 0) is 4.57 Å². The smallest absolute Gasteiger partial charge is 0.235 e. The van der Waals surface area contributed by atoms with Crippen molar-refractivity contribution in [2.24, 2.45) is 0 Å². The third-order valence-electron chi connectivity index (χ3n) is 2.81. The minimum Gasteiger partial charge on any atom is -0.341 e. The van der Waals surface area contributed by atoms with E-state index in [-0.39, 0.29) is 5.16 Å². The maximum atomic E-state index is 12.1. The standard InChI is InChI=1S/C10H13O2P/c1-10(7-8-10)13(11,12)9-5-3-2-4-6-9/h2-6H,7-8H2,1H3,(H,11,12). The third kappa shape index (κ3) is 1.34. The van der Waals surface area contributed by atoms with E-state index >= 15 is 0 Å². The molecule has 1 saturated carbocycles. The summed E-state index contributed by atoms with van der Waals surface area (Å²) in [7, 11) is -3.12. The molecule has 0 aromatic heterocycles. The summed E-state index contributed by atoms with van der Waals surface area (Å²) in [6, 6.07) is 8.96. The summed E-state index contributed by atoms with van der Waals surface area (Å²) >= 11 is 0. The molecule has 0 radical (unpaired) electrons. The summed E-state index contributed by atoms with van der Waals surface area (Å²) in [6.45, 7) is 1.89. The van der Waals surface area contributed by atoms with Crippen LogP contribution in [-0.4, -0.2) is 10.0 Å². The second-order valence-electron chi connectivity index (χ2n) is 3.91. The van der Waals surface area contributed by atoms with Gasteiger partial charge in [-0.15, -0.1) is 0 Å². The van der Waals surface area contributed by atoms with Crippen LogP contribution < -0.4 is 5.30 Å². The molecule has 0 heterocycles. The van der Waals surface area contributed by atoms with E-state index in [0.29, 0.717) is 5.30 Å². The van der Waals surface area contributed by atoms with Crippen molar-refractivity contribution in [1.29, 1.82) is 0 Å². The third-order valence-corrected chi connectivity index (χ3v) is 5.72. The van der Waals surface area contributed by atoms with Gasteiger partial charge in [0, 0.05) is 10.5 Å². The van der Waals surface area contributed by atoms with Crippen molar-refractivity contribution < 1.29 is 9.46 Å². The highest BCUT2D eigenvalue weighted by Gasteiger charge is 2.53. The molecule has 1 fully saturated rings. The molecule has 3 heteroatoms. The molecule has 1 unspecified atom stereocenters. The van der Waals surface area contributed by atoms with Crippen LogP contribution in [0.25, 0.3) is 0 Å². The highest BCUT2D eigenvalue weighted by atomic mass is 31.2. The van der Waals surface area contributed by atoms with Crippen LogP contribution in [0.2, 0.25) is 0 Å². The van der Waals surface area contributed by atoms with Gasteiger partial charge >= 0.3 is 0 Å². The van der Waals surface area contributed by atoms with E-state index in [2.05, 4.69) is 0 Å². The van der Waals surface area contributed by atoms with Gasteiger partial charge in [-0.2, -0.15) is 0 Å². The molecule has 0 aliphatic heterocycles. The summed E-state index contributed by atoms with van der Waals surface area (Å²) in [4.78, 5) is 9.94. The molecule has 1 aromatic carbocycles. The van der Waals surface area contributed by atoms with Crippen LogP contribution in [0.3, 0.4) is 0 Å². The van der Waals surface area contributed by atoms with Gasteiger partial charge in [-0.25, -0.2) is 0 Å². The highest BCUT2D eigenvalue weighted by molar-refractivity contribution is 7.67. The first-order valence-electron chi connectivity index (χ1n) is 4.45. The number of hydrogen-bond acceptors (Lipinski definition) is 1. The van der Waals surface area contributed by atoms with E-state index in [9.17, 15) is 9.46 Å². The highest BCUT2D eigenvalue weighted by Crippen LogP contribution is 2.66. The molecule has 13 heavy (non-hydrogen) atoms. The molecule has 0 spiro atoms. The van der Waals surface area contributed by atoms with Crippen molar-refractivity contribution in [3.8, 4) is 0 Å². The summed E-state index contributed by atoms with van der Waals surface area (Å²) in [5.74, 6) is 0. The zero-order valence-corrected chi connectivity index (χ0v) is 8.50. The van der Waals surface area contributed by atoms with Gasteiger partial charge in [0.2, 0.25) is 7.37 Å². The van der Waals surface area contributed by atoms with Crippen molar-refractivity contribution in [1.82, 2.24) is 0 Å². The predicted octanol–water partition coefficient (Wildman–Crippen LogP) is 2.13. The summed E-state index contributed by atoms with van der Waals surface area (Å²) in [5.41, 5.74) is 0. The molecule has 0 bridgehead atoms. The van der Waals surface area contributed by atoms with Gasteiger partial charge in [0.25, 0.3) is 0 Å². The Kier molecular flexibility index (Phi) is 1.86. The molecule has 1 aliphatic carbocycles. The number of rotatable bonds is 2. The molecular formula is C10H13O2P. The monoisotopic (exact) mass is 196 g/mol. The zero-order chi connectivity index (χ0) is 9.53. The van der Waals surface area contributed by atoms with Gasteiger partial charge in [0.05, 0.1) is 0 Å². The number of benzene rings is 1. The lowest BCUT2D eigenvalue weighted by molar-refractivity contribution is 0.475. The molecule has 0 saturated heterocycles. The fourth-order valence-electron chi connectivity index (χ4n) is 1.43. The van der Waals surface area contributed by atoms with Crippen LogP contribution in [0.4, 0.5) is 0 Å². The van der Waals surface area contributed by atoms with Gasteiger partial charge < -0.3 is 4.89 Å². The maximum Gasteiger partial charge on any atom is 0.235 e. The molecule has 1 N–H and O–H groups in total. The lowest BCUT2D eigenvalue weighted by Crippen LogP contribution is -2.14. The largest absolute Gasteiger partial charge is 0.341 e. The topological polar surface area (TPSA) is 37.3 Å². The zero-order valence-electron chi connectivity index (χ0n) is 7.60. The van der Waals surface area contributed by atoms with Gasteiger partial charge in [-0.3, -0.25) is 4.57 Å². The fraction of sp³-hybridized carbons (Fsp3) is 0.400. The van der Waals surface area contributed by atoms with Crippen LogP contribution >= 0.6 is 7.37 Å². The van der Waals surface area contributed by atoms with Crippen LogP contribution in [0.5, 0.6) is 0 Å². The Bertz CT molecular complexity index is 354. The first-order chi connectivity index (χ1) is 6.06. The quantitative estimate of drug-likeness (QED) is 0.736. The Morgan fingerprint density at radius 1 is 1.31 bits per heavy atom. The van der Waals surface area contributed by atoms with Gasteiger partial charge in [-0.1, -0.05) is 25.1 Å². The Hall–Kier alpha value is -0.590. The van der Waals surface area contributed by atoms with E-state index in [1.54, 1.807) is 12.1 Å². The molecule has 0 amide bonds. The van der Waals surface area contributed by atoms with E-state index in [0.717, 1.165) is 12.8 Å².